The van der Waals surface area contributed by atoms with Crippen molar-refractivity contribution in [3.05, 3.63) is 39.9 Å². The third-order valence-corrected chi connectivity index (χ3v) is 2.25. The van der Waals surface area contributed by atoms with Crippen LogP contribution in [0.4, 0.5) is 5.69 Å². The minimum atomic E-state index is -0.482. The van der Waals surface area contributed by atoms with Crippen LogP contribution in [0.5, 0.6) is 0 Å². The van der Waals surface area contributed by atoms with E-state index in [0.717, 1.165) is 0 Å². The molecular formula is C11H15N3O3. The van der Waals surface area contributed by atoms with E-state index in [4.69, 9.17) is 5.73 Å². The van der Waals surface area contributed by atoms with E-state index in [-0.39, 0.29) is 24.1 Å². The molecule has 0 aromatic heterocycles. The SMILES string of the molecule is C[C@H](CN)NC(=O)Cc1cccc([N+](=O)[O-])c1. The molecule has 6 nitrogen and oxygen atoms in total. The van der Waals surface area contributed by atoms with Crippen molar-refractivity contribution >= 4 is 11.6 Å². The highest BCUT2D eigenvalue weighted by Gasteiger charge is 2.10. The van der Waals surface area contributed by atoms with Crippen LogP contribution in [-0.4, -0.2) is 23.4 Å². The number of benzene rings is 1. The summed E-state index contributed by atoms with van der Waals surface area (Å²) in [5.74, 6) is -0.191. The second-order valence-corrected chi connectivity index (χ2v) is 3.81. The Kier molecular flexibility index (Phi) is 4.59. The summed E-state index contributed by atoms with van der Waals surface area (Å²) in [5.41, 5.74) is 5.97. The largest absolute Gasteiger partial charge is 0.352 e. The summed E-state index contributed by atoms with van der Waals surface area (Å²) >= 11 is 0. The topological polar surface area (TPSA) is 98.3 Å². The lowest BCUT2D eigenvalue weighted by atomic mass is 10.1. The predicted molar refractivity (Wildman–Crippen MR) is 63.5 cm³/mol. The number of non-ortho nitro benzene ring substituents is 1. The van der Waals surface area contributed by atoms with E-state index in [9.17, 15) is 14.9 Å². The van der Waals surface area contributed by atoms with Crippen molar-refractivity contribution in [1.82, 2.24) is 5.32 Å². The lowest BCUT2D eigenvalue weighted by Crippen LogP contribution is -2.38. The summed E-state index contributed by atoms with van der Waals surface area (Å²) in [4.78, 5) is 21.6. The Bertz CT molecular complexity index is 420. The molecule has 0 radical (unpaired) electrons. The zero-order valence-electron chi connectivity index (χ0n) is 9.55. The number of hydrogen-bond donors (Lipinski definition) is 2. The lowest BCUT2D eigenvalue weighted by Gasteiger charge is -2.10. The molecule has 0 aliphatic rings. The number of carbonyl (C=O) groups excluding carboxylic acids is 1. The smallest absolute Gasteiger partial charge is 0.269 e. The third-order valence-electron chi connectivity index (χ3n) is 2.25. The first-order valence-electron chi connectivity index (χ1n) is 5.25. The Hall–Kier alpha value is -1.95. The molecule has 0 bridgehead atoms. The van der Waals surface area contributed by atoms with Gasteiger partial charge in [0.15, 0.2) is 0 Å². The molecule has 1 rings (SSSR count). The summed E-state index contributed by atoms with van der Waals surface area (Å²) in [5, 5.41) is 13.2. The van der Waals surface area contributed by atoms with E-state index in [2.05, 4.69) is 5.32 Å². The minimum Gasteiger partial charge on any atom is -0.352 e. The maximum Gasteiger partial charge on any atom is 0.269 e. The average Bonchev–Trinajstić information content (AvgIpc) is 2.28. The molecule has 0 saturated carbocycles. The van der Waals surface area contributed by atoms with E-state index in [1.54, 1.807) is 19.1 Å². The summed E-state index contributed by atoms with van der Waals surface area (Å²) < 4.78 is 0. The van der Waals surface area contributed by atoms with Gasteiger partial charge in [0, 0.05) is 24.7 Å². The molecule has 0 aliphatic carbocycles. The van der Waals surface area contributed by atoms with Crippen molar-refractivity contribution in [2.45, 2.75) is 19.4 Å². The molecule has 17 heavy (non-hydrogen) atoms. The maximum atomic E-state index is 11.5. The number of nitrogens with zero attached hydrogens (tertiary/aromatic N) is 1. The fourth-order valence-corrected chi connectivity index (χ4v) is 1.35. The van der Waals surface area contributed by atoms with Crippen molar-refractivity contribution in [2.24, 2.45) is 5.73 Å². The zero-order chi connectivity index (χ0) is 12.8. The van der Waals surface area contributed by atoms with Crippen molar-refractivity contribution < 1.29 is 9.72 Å². The number of carbonyl (C=O) groups is 1. The molecule has 1 aromatic carbocycles. The predicted octanol–water partition coefficient (Wildman–Crippen LogP) is 0.601. The van der Waals surface area contributed by atoms with Crippen molar-refractivity contribution in [2.75, 3.05) is 6.54 Å². The monoisotopic (exact) mass is 237 g/mol. The van der Waals surface area contributed by atoms with E-state index in [1.807, 2.05) is 0 Å². The Labute approximate surface area is 99.0 Å². The number of rotatable bonds is 5. The van der Waals surface area contributed by atoms with Crippen LogP contribution in [0.3, 0.4) is 0 Å². The molecule has 0 aliphatic heterocycles. The van der Waals surface area contributed by atoms with Crippen LogP contribution in [0.25, 0.3) is 0 Å². The van der Waals surface area contributed by atoms with Crippen LogP contribution in [0.2, 0.25) is 0 Å². The molecule has 1 atom stereocenters. The van der Waals surface area contributed by atoms with Gasteiger partial charge in [-0.3, -0.25) is 14.9 Å². The summed E-state index contributed by atoms with van der Waals surface area (Å²) in [6.07, 6.45) is 0.117. The average molecular weight is 237 g/mol. The molecule has 0 spiro atoms. The van der Waals surface area contributed by atoms with Crippen LogP contribution in [0.15, 0.2) is 24.3 Å². The van der Waals surface area contributed by atoms with Crippen LogP contribution in [0.1, 0.15) is 12.5 Å². The quantitative estimate of drug-likeness (QED) is 0.578. The first kappa shape index (κ1) is 13.1. The fraction of sp³-hybridized carbons (Fsp3) is 0.364. The molecule has 6 heteroatoms. The maximum absolute atomic E-state index is 11.5. The zero-order valence-corrected chi connectivity index (χ0v) is 9.55. The van der Waals surface area contributed by atoms with Crippen molar-refractivity contribution in [3.63, 3.8) is 0 Å². The van der Waals surface area contributed by atoms with E-state index in [1.165, 1.54) is 12.1 Å². The van der Waals surface area contributed by atoms with Crippen LogP contribution in [-0.2, 0) is 11.2 Å². The molecule has 0 saturated heterocycles. The highest BCUT2D eigenvalue weighted by molar-refractivity contribution is 5.79. The number of hydrogen-bond acceptors (Lipinski definition) is 4. The molecule has 1 amide bonds. The van der Waals surface area contributed by atoms with Crippen molar-refractivity contribution in [1.29, 1.82) is 0 Å². The number of nitro groups is 1. The number of amides is 1. The molecule has 92 valence electrons. The number of nitrogens with two attached hydrogens (primary N) is 1. The Balaban J connectivity index is 2.65. The second-order valence-electron chi connectivity index (χ2n) is 3.81. The molecule has 3 N–H and O–H groups in total. The highest BCUT2D eigenvalue weighted by Crippen LogP contribution is 2.13. The van der Waals surface area contributed by atoms with Gasteiger partial charge in [0.25, 0.3) is 5.69 Å². The van der Waals surface area contributed by atoms with Gasteiger partial charge < -0.3 is 11.1 Å². The first-order valence-corrected chi connectivity index (χ1v) is 5.25. The molecule has 0 heterocycles. The van der Waals surface area contributed by atoms with Crippen LogP contribution < -0.4 is 11.1 Å². The van der Waals surface area contributed by atoms with Gasteiger partial charge in [0.2, 0.25) is 5.91 Å². The van der Waals surface area contributed by atoms with Gasteiger partial charge in [-0.05, 0) is 12.5 Å². The summed E-state index contributed by atoms with van der Waals surface area (Å²) in [6.45, 7) is 2.16. The van der Waals surface area contributed by atoms with E-state index in [0.29, 0.717) is 12.1 Å². The summed E-state index contributed by atoms with van der Waals surface area (Å²) in [7, 11) is 0. The van der Waals surface area contributed by atoms with E-state index >= 15 is 0 Å². The number of nitrogens with one attached hydrogen (secondary N) is 1. The van der Waals surface area contributed by atoms with Gasteiger partial charge in [0.1, 0.15) is 0 Å². The van der Waals surface area contributed by atoms with Gasteiger partial charge in [0.05, 0.1) is 11.3 Å². The van der Waals surface area contributed by atoms with Gasteiger partial charge in [-0.25, -0.2) is 0 Å². The third kappa shape index (κ3) is 4.20. The fourth-order valence-electron chi connectivity index (χ4n) is 1.35. The van der Waals surface area contributed by atoms with Gasteiger partial charge in [-0.1, -0.05) is 12.1 Å². The minimum absolute atomic E-state index is 0.0119. The standard InChI is InChI=1S/C11H15N3O3/c1-8(7-12)13-11(15)6-9-3-2-4-10(5-9)14(16)17/h2-5,8H,6-7,12H2,1H3,(H,13,15)/t8-/m1/s1. The van der Waals surface area contributed by atoms with Gasteiger partial charge in [-0.2, -0.15) is 0 Å². The lowest BCUT2D eigenvalue weighted by molar-refractivity contribution is -0.384. The second kappa shape index (κ2) is 5.95. The van der Waals surface area contributed by atoms with Gasteiger partial charge >= 0.3 is 0 Å². The normalized spacial score (nSPS) is 11.9. The van der Waals surface area contributed by atoms with Crippen LogP contribution >= 0.6 is 0 Å². The van der Waals surface area contributed by atoms with Crippen LogP contribution in [0, 0.1) is 10.1 Å². The molecular weight excluding hydrogens is 222 g/mol. The van der Waals surface area contributed by atoms with Gasteiger partial charge in [-0.15, -0.1) is 0 Å². The Morgan fingerprint density at radius 1 is 1.59 bits per heavy atom. The highest BCUT2D eigenvalue weighted by atomic mass is 16.6. The molecule has 0 unspecified atom stereocenters. The van der Waals surface area contributed by atoms with Crippen molar-refractivity contribution in [3.8, 4) is 0 Å². The molecule has 1 aromatic rings. The Morgan fingerprint density at radius 2 is 2.29 bits per heavy atom. The Morgan fingerprint density at radius 3 is 2.88 bits per heavy atom. The first-order chi connectivity index (χ1) is 8.02. The summed E-state index contributed by atoms with van der Waals surface area (Å²) in [6, 6.07) is 5.94. The number of nitro benzene ring substituents is 1. The van der Waals surface area contributed by atoms with E-state index < -0.39 is 4.92 Å². The molecule has 0 fully saturated rings.